The highest BCUT2D eigenvalue weighted by Crippen LogP contribution is 2.66. The molecule has 7 heteroatoms. The molecule has 2 spiro atoms. The first kappa shape index (κ1) is 23.4. The Kier molecular flexibility index (Phi) is 5.24. The molecule has 3 aromatic rings. The van der Waals surface area contributed by atoms with E-state index in [0.717, 1.165) is 22.4 Å². The van der Waals surface area contributed by atoms with Gasteiger partial charge in [-0.2, -0.15) is 0 Å². The number of imide groups is 1. The highest BCUT2D eigenvalue weighted by Gasteiger charge is 2.77. The molecular weight excluding hydrogens is 466 g/mol. The van der Waals surface area contributed by atoms with Crippen LogP contribution in [0.1, 0.15) is 29.0 Å². The molecule has 3 amide bonds. The molecule has 3 atom stereocenters. The fourth-order valence-electron chi connectivity index (χ4n) is 6.94. The molecule has 0 aromatic heterocycles. The first-order chi connectivity index (χ1) is 17.9. The number of amides is 3. The number of likely N-dealkylation sites (N-methyl/N-ethyl adjacent to an activating group) is 1. The Balaban J connectivity index is 1.58. The van der Waals surface area contributed by atoms with Crippen molar-refractivity contribution >= 4 is 23.4 Å². The van der Waals surface area contributed by atoms with Gasteiger partial charge in [-0.3, -0.25) is 24.2 Å². The molecule has 6 rings (SSSR count). The topological polar surface area (TPSA) is 70.2 Å². The van der Waals surface area contributed by atoms with Gasteiger partial charge in [-0.25, -0.2) is 0 Å². The monoisotopic (exact) mass is 495 g/mol. The lowest BCUT2D eigenvalue weighted by Gasteiger charge is -2.43. The standard InChI is InChI=1S/C30H29N3O4/c1-31-19-24(21-13-15-22(37-3)16-14-21)29(17-26(34)32(2)27(29)35)30(31)23-11-7-8-12-25(23)33(28(30)36)18-20-9-5-4-6-10-20/h4-16,24H,17-19H2,1-3H3/t24-,29+,30+/m1/s1. The molecular formula is C30H29N3O4. The molecule has 0 N–H and O–H groups in total. The van der Waals surface area contributed by atoms with Gasteiger partial charge in [0.15, 0.2) is 0 Å². The minimum atomic E-state index is -1.31. The summed E-state index contributed by atoms with van der Waals surface area (Å²) >= 11 is 0. The van der Waals surface area contributed by atoms with Gasteiger partial charge in [0.2, 0.25) is 11.8 Å². The summed E-state index contributed by atoms with van der Waals surface area (Å²) in [4.78, 5) is 47.3. The summed E-state index contributed by atoms with van der Waals surface area (Å²) in [6.45, 7) is 0.839. The average Bonchev–Trinajstić information content (AvgIpc) is 3.43. The number of carbonyl (C=O) groups is 3. The number of likely N-dealkylation sites (tertiary alicyclic amines) is 2. The number of hydrogen-bond acceptors (Lipinski definition) is 5. The molecule has 188 valence electrons. The molecule has 0 unspecified atom stereocenters. The lowest BCUT2D eigenvalue weighted by molar-refractivity contribution is -0.149. The lowest BCUT2D eigenvalue weighted by atomic mass is 9.60. The molecule has 2 saturated heterocycles. The molecule has 0 aliphatic carbocycles. The van der Waals surface area contributed by atoms with Crippen LogP contribution in [-0.4, -0.2) is 55.3 Å². The van der Waals surface area contributed by atoms with Crippen LogP contribution in [0.3, 0.4) is 0 Å². The quantitative estimate of drug-likeness (QED) is 0.518. The number of hydrogen-bond donors (Lipinski definition) is 0. The van der Waals surface area contributed by atoms with Crippen molar-refractivity contribution in [1.82, 2.24) is 9.80 Å². The van der Waals surface area contributed by atoms with Crippen LogP contribution in [-0.2, 0) is 26.5 Å². The largest absolute Gasteiger partial charge is 0.497 e. The first-order valence-electron chi connectivity index (χ1n) is 12.5. The summed E-state index contributed by atoms with van der Waals surface area (Å²) < 4.78 is 5.35. The van der Waals surface area contributed by atoms with Gasteiger partial charge in [0, 0.05) is 37.2 Å². The van der Waals surface area contributed by atoms with Crippen molar-refractivity contribution in [2.45, 2.75) is 24.4 Å². The van der Waals surface area contributed by atoms with Crippen molar-refractivity contribution in [3.8, 4) is 5.75 Å². The summed E-state index contributed by atoms with van der Waals surface area (Å²) in [7, 11) is 5.05. The van der Waals surface area contributed by atoms with Crippen molar-refractivity contribution in [1.29, 1.82) is 0 Å². The number of methoxy groups -OCH3 is 1. The van der Waals surface area contributed by atoms with Crippen molar-refractivity contribution in [3.63, 3.8) is 0 Å². The normalized spacial score (nSPS) is 27.1. The minimum Gasteiger partial charge on any atom is -0.497 e. The minimum absolute atomic E-state index is 0.0252. The van der Waals surface area contributed by atoms with Gasteiger partial charge in [0.05, 0.1) is 19.1 Å². The van der Waals surface area contributed by atoms with E-state index in [1.807, 2.05) is 90.8 Å². The third-order valence-corrected chi connectivity index (χ3v) is 8.60. The summed E-state index contributed by atoms with van der Waals surface area (Å²) in [5.41, 5.74) is 0.892. The number of para-hydroxylation sites is 1. The maximum absolute atomic E-state index is 14.8. The van der Waals surface area contributed by atoms with Gasteiger partial charge in [-0.15, -0.1) is 0 Å². The smallest absolute Gasteiger partial charge is 0.253 e. The molecule has 7 nitrogen and oxygen atoms in total. The number of anilines is 1. The summed E-state index contributed by atoms with van der Waals surface area (Å²) in [6, 6.07) is 25.2. The van der Waals surface area contributed by atoms with Crippen LogP contribution < -0.4 is 9.64 Å². The van der Waals surface area contributed by atoms with Crippen LogP contribution in [0, 0.1) is 5.41 Å². The van der Waals surface area contributed by atoms with Gasteiger partial charge in [0.1, 0.15) is 11.3 Å². The van der Waals surface area contributed by atoms with Crippen molar-refractivity contribution < 1.29 is 19.1 Å². The number of ether oxygens (including phenoxy) is 1. The fraction of sp³-hybridized carbons (Fsp3) is 0.300. The van der Waals surface area contributed by atoms with Crippen LogP contribution in [0.4, 0.5) is 5.69 Å². The number of rotatable bonds is 4. The van der Waals surface area contributed by atoms with Crippen LogP contribution in [0.25, 0.3) is 0 Å². The summed E-state index contributed by atoms with van der Waals surface area (Å²) in [6.07, 6.45) is -0.0252. The molecule has 3 aromatic carbocycles. The van der Waals surface area contributed by atoms with E-state index in [4.69, 9.17) is 4.74 Å². The van der Waals surface area contributed by atoms with Gasteiger partial charge in [-0.05, 0) is 36.4 Å². The van der Waals surface area contributed by atoms with E-state index in [2.05, 4.69) is 0 Å². The van der Waals surface area contributed by atoms with E-state index >= 15 is 0 Å². The third kappa shape index (κ3) is 2.95. The van der Waals surface area contributed by atoms with E-state index in [-0.39, 0.29) is 30.1 Å². The van der Waals surface area contributed by atoms with Crippen LogP contribution in [0.15, 0.2) is 78.9 Å². The summed E-state index contributed by atoms with van der Waals surface area (Å²) in [5.74, 6) is -0.371. The molecule has 0 bridgehead atoms. The van der Waals surface area contributed by atoms with Gasteiger partial charge >= 0.3 is 0 Å². The van der Waals surface area contributed by atoms with E-state index in [1.54, 1.807) is 12.0 Å². The third-order valence-electron chi connectivity index (χ3n) is 8.60. The Bertz CT molecular complexity index is 1410. The van der Waals surface area contributed by atoms with Crippen LogP contribution in [0.5, 0.6) is 5.75 Å². The average molecular weight is 496 g/mol. The molecule has 37 heavy (non-hydrogen) atoms. The van der Waals surface area contributed by atoms with E-state index in [1.165, 1.54) is 11.9 Å². The molecule has 2 fully saturated rings. The number of benzene rings is 3. The molecule has 3 aliphatic rings. The molecule has 3 aliphatic heterocycles. The van der Waals surface area contributed by atoms with Gasteiger partial charge in [0.25, 0.3) is 5.91 Å². The Hall–Kier alpha value is -3.97. The molecule has 3 heterocycles. The van der Waals surface area contributed by atoms with Crippen LogP contribution >= 0.6 is 0 Å². The number of fused-ring (bicyclic) bond motifs is 3. The number of nitrogens with zero attached hydrogens (tertiary/aromatic N) is 3. The fourth-order valence-corrected chi connectivity index (χ4v) is 6.94. The zero-order valence-corrected chi connectivity index (χ0v) is 21.2. The first-order valence-corrected chi connectivity index (χ1v) is 12.5. The van der Waals surface area contributed by atoms with E-state index in [0.29, 0.717) is 18.8 Å². The lowest BCUT2D eigenvalue weighted by Crippen LogP contribution is -2.59. The zero-order valence-electron chi connectivity index (χ0n) is 21.2. The molecule has 0 radical (unpaired) electrons. The van der Waals surface area contributed by atoms with E-state index in [9.17, 15) is 14.4 Å². The summed E-state index contributed by atoms with van der Waals surface area (Å²) in [5, 5.41) is 0. The van der Waals surface area contributed by atoms with E-state index < -0.39 is 11.0 Å². The second-order valence-electron chi connectivity index (χ2n) is 10.2. The van der Waals surface area contributed by atoms with Crippen molar-refractivity contribution in [2.24, 2.45) is 5.41 Å². The highest BCUT2D eigenvalue weighted by molar-refractivity contribution is 6.16. The van der Waals surface area contributed by atoms with Crippen molar-refractivity contribution in [3.05, 3.63) is 95.6 Å². The Morgan fingerprint density at radius 3 is 2.19 bits per heavy atom. The number of carbonyl (C=O) groups excluding carboxylic acids is 3. The Morgan fingerprint density at radius 2 is 1.54 bits per heavy atom. The maximum Gasteiger partial charge on any atom is 0.253 e. The predicted molar refractivity (Wildman–Crippen MR) is 139 cm³/mol. The van der Waals surface area contributed by atoms with Crippen LogP contribution in [0.2, 0.25) is 0 Å². The second-order valence-corrected chi connectivity index (χ2v) is 10.2. The SMILES string of the molecule is COc1ccc([C@H]2CN(C)[C@@]3(C(=O)N(Cc4ccccc4)c4ccccc43)[C@@]23CC(=O)N(C)C3=O)cc1. The molecule has 0 saturated carbocycles. The van der Waals surface area contributed by atoms with Gasteiger partial charge < -0.3 is 9.64 Å². The van der Waals surface area contributed by atoms with Crippen molar-refractivity contribution in [2.75, 3.05) is 32.6 Å². The maximum atomic E-state index is 14.8. The highest BCUT2D eigenvalue weighted by atomic mass is 16.5. The second kappa shape index (κ2) is 8.28. The van der Waals surface area contributed by atoms with Gasteiger partial charge in [-0.1, -0.05) is 60.7 Å². The predicted octanol–water partition coefficient (Wildman–Crippen LogP) is 3.54. The Labute approximate surface area is 216 Å². The zero-order chi connectivity index (χ0) is 25.9. The Morgan fingerprint density at radius 1 is 0.865 bits per heavy atom.